The predicted octanol–water partition coefficient (Wildman–Crippen LogP) is 6.14. The minimum atomic E-state index is 0.175. The summed E-state index contributed by atoms with van der Waals surface area (Å²) in [4.78, 5) is 0. The molecule has 0 fully saturated rings. The van der Waals surface area contributed by atoms with Crippen LogP contribution in [0.1, 0.15) is 81.1 Å². The summed E-state index contributed by atoms with van der Waals surface area (Å²) in [5.74, 6) is 0.711. The van der Waals surface area contributed by atoms with Crippen molar-refractivity contribution >= 4 is 0 Å². The first-order valence-corrected chi connectivity index (χ1v) is 8.40. The number of hydrogen-bond donors (Lipinski definition) is 1. The van der Waals surface area contributed by atoms with Crippen LogP contribution in [-0.2, 0) is 0 Å². The topological polar surface area (TPSA) is 20.2 Å². The molecule has 1 aliphatic rings. The minimum Gasteiger partial charge on any atom is -0.392 e. The fourth-order valence-corrected chi connectivity index (χ4v) is 2.85. The van der Waals surface area contributed by atoms with Gasteiger partial charge in [-0.3, -0.25) is 0 Å². The molecule has 0 saturated carbocycles. The number of aliphatic hydroxyl groups excluding tert-OH is 1. The molecule has 0 aromatic rings. The fourth-order valence-electron chi connectivity index (χ4n) is 2.85. The molecule has 0 spiro atoms. The molecule has 0 aliphatic heterocycles. The zero-order valence-corrected chi connectivity index (χ0v) is 15.2. The van der Waals surface area contributed by atoms with Crippen molar-refractivity contribution in [3.05, 3.63) is 23.3 Å². The lowest BCUT2D eigenvalue weighted by Crippen LogP contribution is -2.27. The van der Waals surface area contributed by atoms with Gasteiger partial charge in [-0.2, -0.15) is 0 Å². The van der Waals surface area contributed by atoms with Crippen LogP contribution in [-0.4, -0.2) is 11.7 Å². The van der Waals surface area contributed by atoms with Crippen LogP contribution in [0.3, 0.4) is 0 Å². The lowest BCUT2D eigenvalue weighted by molar-refractivity contribution is 0.204. The van der Waals surface area contributed by atoms with E-state index in [-0.39, 0.29) is 6.61 Å². The van der Waals surface area contributed by atoms with E-state index in [2.05, 4.69) is 33.8 Å². The van der Waals surface area contributed by atoms with Gasteiger partial charge in [-0.1, -0.05) is 64.8 Å². The van der Waals surface area contributed by atoms with E-state index in [1.54, 1.807) is 5.57 Å². The second kappa shape index (κ2) is 12.2. The smallest absolute Gasteiger partial charge is 0.0614 e. The van der Waals surface area contributed by atoms with Gasteiger partial charge < -0.3 is 5.11 Å². The number of aliphatic hydroxyl groups is 1. The van der Waals surface area contributed by atoms with E-state index in [0.717, 1.165) is 6.42 Å². The van der Waals surface area contributed by atoms with Crippen LogP contribution in [0.5, 0.6) is 0 Å². The molecule has 1 atom stereocenters. The second-order valence-corrected chi connectivity index (χ2v) is 5.80. The Balaban J connectivity index is 0. The lowest BCUT2D eigenvalue weighted by atomic mass is 9.67. The van der Waals surface area contributed by atoms with Gasteiger partial charge in [0.05, 0.1) is 6.61 Å². The number of hydrogen-bond acceptors (Lipinski definition) is 1. The average molecular weight is 283 g/mol. The minimum absolute atomic E-state index is 0.175. The first-order valence-electron chi connectivity index (χ1n) is 8.40. The summed E-state index contributed by atoms with van der Waals surface area (Å²) in [5, 5.41) is 8.84. The summed E-state index contributed by atoms with van der Waals surface area (Å²) >= 11 is 0. The molecule has 0 radical (unpaired) electrons. The van der Waals surface area contributed by atoms with Crippen LogP contribution in [0.25, 0.3) is 0 Å². The van der Waals surface area contributed by atoms with Crippen molar-refractivity contribution in [2.45, 2.75) is 81.1 Å². The van der Waals surface area contributed by atoms with Gasteiger partial charge >= 0.3 is 0 Å². The van der Waals surface area contributed by atoms with E-state index in [1.165, 1.54) is 24.8 Å². The SMILES string of the molecule is CC.CC.CC1=CCCC(C)(C)C1CC/C(C)=C/CO. The molecule has 120 valence electrons. The maximum absolute atomic E-state index is 8.84. The third kappa shape index (κ3) is 7.89. The Hall–Kier alpha value is -0.560. The van der Waals surface area contributed by atoms with Gasteiger partial charge in [0.25, 0.3) is 0 Å². The van der Waals surface area contributed by atoms with Gasteiger partial charge in [-0.15, -0.1) is 0 Å². The van der Waals surface area contributed by atoms with Crippen LogP contribution in [0.4, 0.5) is 0 Å². The molecule has 1 heteroatoms. The highest BCUT2D eigenvalue weighted by Gasteiger charge is 2.32. The number of rotatable bonds is 4. The first-order chi connectivity index (χ1) is 9.47. The van der Waals surface area contributed by atoms with E-state index < -0.39 is 0 Å². The van der Waals surface area contributed by atoms with Crippen molar-refractivity contribution in [2.24, 2.45) is 11.3 Å². The second-order valence-electron chi connectivity index (χ2n) is 5.80. The third-order valence-electron chi connectivity index (χ3n) is 4.02. The lowest BCUT2D eigenvalue weighted by Gasteiger charge is -2.38. The largest absolute Gasteiger partial charge is 0.392 e. The summed E-state index contributed by atoms with van der Waals surface area (Å²) in [6.07, 6.45) is 9.20. The molecule has 0 heterocycles. The quantitative estimate of drug-likeness (QED) is 0.614. The molecule has 0 saturated heterocycles. The monoisotopic (exact) mass is 282 g/mol. The van der Waals surface area contributed by atoms with Crippen molar-refractivity contribution in [3.8, 4) is 0 Å². The van der Waals surface area contributed by atoms with Crippen molar-refractivity contribution in [3.63, 3.8) is 0 Å². The zero-order chi connectivity index (χ0) is 16.2. The van der Waals surface area contributed by atoms with Crippen LogP contribution >= 0.6 is 0 Å². The molecule has 1 N–H and O–H groups in total. The molecule has 0 aromatic heterocycles. The Morgan fingerprint density at radius 1 is 1.30 bits per heavy atom. The molecule has 1 nitrogen and oxygen atoms in total. The summed E-state index contributed by atoms with van der Waals surface area (Å²) in [6, 6.07) is 0. The summed E-state index contributed by atoms with van der Waals surface area (Å²) < 4.78 is 0. The van der Waals surface area contributed by atoms with Crippen molar-refractivity contribution in [1.82, 2.24) is 0 Å². The van der Waals surface area contributed by atoms with Crippen LogP contribution in [0.2, 0.25) is 0 Å². The molecule has 0 aromatic carbocycles. The zero-order valence-electron chi connectivity index (χ0n) is 15.2. The fraction of sp³-hybridized carbons (Fsp3) is 0.789. The molecular formula is C19H38O. The van der Waals surface area contributed by atoms with Gasteiger partial charge in [0.2, 0.25) is 0 Å². The van der Waals surface area contributed by atoms with Gasteiger partial charge in [0.1, 0.15) is 0 Å². The van der Waals surface area contributed by atoms with Crippen LogP contribution < -0.4 is 0 Å². The van der Waals surface area contributed by atoms with Crippen molar-refractivity contribution in [2.75, 3.05) is 6.61 Å². The molecule has 1 aliphatic carbocycles. The average Bonchev–Trinajstić information content (AvgIpc) is 2.42. The van der Waals surface area contributed by atoms with Crippen LogP contribution in [0.15, 0.2) is 23.3 Å². The van der Waals surface area contributed by atoms with E-state index in [0.29, 0.717) is 11.3 Å². The molecule has 1 unspecified atom stereocenters. The molecule has 0 bridgehead atoms. The maximum Gasteiger partial charge on any atom is 0.0614 e. The van der Waals surface area contributed by atoms with Gasteiger partial charge in [-0.05, 0) is 50.9 Å². The van der Waals surface area contributed by atoms with E-state index in [1.807, 2.05) is 33.8 Å². The van der Waals surface area contributed by atoms with Gasteiger partial charge in [0, 0.05) is 0 Å². The maximum atomic E-state index is 8.84. The molecular weight excluding hydrogens is 244 g/mol. The van der Waals surface area contributed by atoms with Crippen molar-refractivity contribution < 1.29 is 5.11 Å². The molecule has 20 heavy (non-hydrogen) atoms. The Morgan fingerprint density at radius 2 is 1.85 bits per heavy atom. The predicted molar refractivity (Wildman–Crippen MR) is 93.0 cm³/mol. The Morgan fingerprint density at radius 3 is 2.30 bits per heavy atom. The van der Waals surface area contributed by atoms with E-state index >= 15 is 0 Å². The Labute approximate surface area is 128 Å². The van der Waals surface area contributed by atoms with Gasteiger partial charge in [0.15, 0.2) is 0 Å². The van der Waals surface area contributed by atoms with E-state index in [4.69, 9.17) is 5.11 Å². The number of allylic oxidation sites excluding steroid dienone is 3. The van der Waals surface area contributed by atoms with Crippen LogP contribution in [0, 0.1) is 11.3 Å². The summed E-state index contributed by atoms with van der Waals surface area (Å²) in [7, 11) is 0. The molecule has 1 rings (SSSR count). The highest BCUT2D eigenvalue weighted by Crippen LogP contribution is 2.43. The van der Waals surface area contributed by atoms with Gasteiger partial charge in [-0.25, -0.2) is 0 Å². The standard InChI is InChI=1S/C15H26O.2C2H6/c1-12(9-11-16)7-8-14-13(2)6-5-10-15(14,3)4;2*1-2/h6,9,14,16H,5,7-8,10-11H2,1-4H3;2*1-2H3/b12-9+;;. The Kier molecular flexibility index (Phi) is 13.3. The highest BCUT2D eigenvalue weighted by molar-refractivity contribution is 5.13. The summed E-state index contributed by atoms with van der Waals surface area (Å²) in [6.45, 7) is 17.3. The Bertz CT molecular complexity index is 284. The summed E-state index contributed by atoms with van der Waals surface area (Å²) in [5.41, 5.74) is 3.32. The first kappa shape index (κ1) is 21.7. The molecule has 0 amide bonds. The van der Waals surface area contributed by atoms with Crippen molar-refractivity contribution in [1.29, 1.82) is 0 Å². The normalized spacial score (nSPS) is 20.9. The third-order valence-corrected chi connectivity index (χ3v) is 4.02. The van der Waals surface area contributed by atoms with E-state index in [9.17, 15) is 0 Å². The highest BCUT2D eigenvalue weighted by atomic mass is 16.2.